The van der Waals surface area contributed by atoms with Crippen molar-refractivity contribution in [3.63, 3.8) is 0 Å². The molecule has 2 rings (SSSR count). The van der Waals surface area contributed by atoms with E-state index < -0.39 is 0 Å². The molecule has 1 aliphatic heterocycles. The molecule has 14 heavy (non-hydrogen) atoms. The Hall–Kier alpha value is -0.380. The summed E-state index contributed by atoms with van der Waals surface area (Å²) < 4.78 is 5.36. The van der Waals surface area contributed by atoms with Crippen molar-refractivity contribution in [3.8, 4) is 0 Å². The molecule has 1 aliphatic rings. The standard InChI is InChI=1S/C11H17NOS/c1-2-9-3-4-10(14-9)11(12)8-5-6-13-7-8/h3-4,8,11H,2,5-7,12H2,1H3. The summed E-state index contributed by atoms with van der Waals surface area (Å²) in [6, 6.07) is 4.55. The van der Waals surface area contributed by atoms with Crippen LogP contribution in [0.4, 0.5) is 0 Å². The molecule has 3 heteroatoms. The van der Waals surface area contributed by atoms with Gasteiger partial charge in [-0.1, -0.05) is 6.92 Å². The van der Waals surface area contributed by atoms with Crippen LogP contribution in [0.5, 0.6) is 0 Å². The number of hydrogen-bond acceptors (Lipinski definition) is 3. The second-order valence-corrected chi connectivity index (χ2v) is 5.01. The van der Waals surface area contributed by atoms with Crippen molar-refractivity contribution in [1.29, 1.82) is 0 Å². The van der Waals surface area contributed by atoms with Gasteiger partial charge in [-0.25, -0.2) is 0 Å². The molecule has 2 heterocycles. The zero-order valence-electron chi connectivity index (χ0n) is 8.53. The monoisotopic (exact) mass is 211 g/mol. The average molecular weight is 211 g/mol. The third-order valence-electron chi connectivity index (χ3n) is 2.83. The quantitative estimate of drug-likeness (QED) is 0.833. The van der Waals surface area contributed by atoms with Gasteiger partial charge in [0.15, 0.2) is 0 Å². The van der Waals surface area contributed by atoms with Crippen LogP contribution in [-0.4, -0.2) is 13.2 Å². The molecule has 0 aliphatic carbocycles. The van der Waals surface area contributed by atoms with E-state index in [-0.39, 0.29) is 6.04 Å². The van der Waals surface area contributed by atoms with Crippen molar-refractivity contribution in [1.82, 2.24) is 0 Å². The summed E-state index contributed by atoms with van der Waals surface area (Å²) in [5.74, 6) is 0.526. The predicted octanol–water partition coefficient (Wildman–Crippen LogP) is 2.35. The van der Waals surface area contributed by atoms with Crippen LogP contribution in [-0.2, 0) is 11.2 Å². The van der Waals surface area contributed by atoms with Crippen molar-refractivity contribution >= 4 is 11.3 Å². The maximum atomic E-state index is 6.20. The third-order valence-corrected chi connectivity index (χ3v) is 4.16. The van der Waals surface area contributed by atoms with E-state index in [0.29, 0.717) is 5.92 Å². The van der Waals surface area contributed by atoms with Gasteiger partial charge in [-0.3, -0.25) is 0 Å². The lowest BCUT2D eigenvalue weighted by Crippen LogP contribution is -2.20. The Morgan fingerprint density at radius 2 is 2.50 bits per heavy atom. The second kappa shape index (κ2) is 4.43. The highest BCUT2D eigenvalue weighted by atomic mass is 32.1. The van der Waals surface area contributed by atoms with E-state index in [9.17, 15) is 0 Å². The van der Waals surface area contributed by atoms with Crippen molar-refractivity contribution in [2.45, 2.75) is 25.8 Å². The lowest BCUT2D eigenvalue weighted by atomic mass is 9.99. The summed E-state index contributed by atoms with van der Waals surface area (Å²) in [6.45, 7) is 3.89. The Kier molecular flexibility index (Phi) is 3.21. The average Bonchev–Trinajstić information content (AvgIpc) is 2.88. The zero-order valence-corrected chi connectivity index (χ0v) is 9.35. The van der Waals surface area contributed by atoms with Crippen LogP contribution in [0, 0.1) is 5.92 Å². The van der Waals surface area contributed by atoms with Crippen LogP contribution < -0.4 is 5.73 Å². The lowest BCUT2D eigenvalue weighted by molar-refractivity contribution is 0.181. The first-order valence-electron chi connectivity index (χ1n) is 5.23. The number of ether oxygens (including phenoxy) is 1. The van der Waals surface area contributed by atoms with E-state index in [2.05, 4.69) is 19.1 Å². The zero-order chi connectivity index (χ0) is 9.97. The van der Waals surface area contributed by atoms with Gasteiger partial charge in [-0.2, -0.15) is 0 Å². The van der Waals surface area contributed by atoms with Crippen LogP contribution in [0.2, 0.25) is 0 Å². The molecular weight excluding hydrogens is 194 g/mol. The van der Waals surface area contributed by atoms with Gasteiger partial charge >= 0.3 is 0 Å². The molecule has 0 amide bonds. The fraction of sp³-hybridized carbons (Fsp3) is 0.636. The number of hydrogen-bond donors (Lipinski definition) is 1. The molecule has 0 radical (unpaired) electrons. The topological polar surface area (TPSA) is 35.2 Å². The van der Waals surface area contributed by atoms with Crippen LogP contribution in [0.1, 0.15) is 29.1 Å². The molecule has 1 aromatic heterocycles. The lowest BCUT2D eigenvalue weighted by Gasteiger charge is -2.15. The first-order chi connectivity index (χ1) is 6.81. The molecule has 1 saturated heterocycles. The Labute approximate surface area is 89.1 Å². The fourth-order valence-corrected chi connectivity index (χ4v) is 2.88. The van der Waals surface area contributed by atoms with Crippen LogP contribution in [0.15, 0.2) is 12.1 Å². The summed E-state index contributed by atoms with van der Waals surface area (Å²) in [6.07, 6.45) is 2.22. The highest BCUT2D eigenvalue weighted by molar-refractivity contribution is 7.12. The molecule has 0 saturated carbocycles. The van der Waals surface area contributed by atoms with Gasteiger partial charge in [-0.15, -0.1) is 11.3 Å². The van der Waals surface area contributed by atoms with Crippen LogP contribution in [0.25, 0.3) is 0 Å². The van der Waals surface area contributed by atoms with E-state index in [1.54, 1.807) is 0 Å². The normalized spacial score (nSPS) is 24.0. The maximum Gasteiger partial charge on any atom is 0.0513 e. The van der Waals surface area contributed by atoms with Gasteiger partial charge < -0.3 is 10.5 Å². The van der Waals surface area contributed by atoms with Crippen LogP contribution >= 0.6 is 11.3 Å². The summed E-state index contributed by atoms with van der Waals surface area (Å²) >= 11 is 1.85. The first-order valence-corrected chi connectivity index (χ1v) is 6.05. The summed E-state index contributed by atoms with van der Waals surface area (Å²) in [4.78, 5) is 2.74. The SMILES string of the molecule is CCc1ccc(C(N)C2CCOC2)s1. The van der Waals surface area contributed by atoms with Crippen LogP contribution in [0.3, 0.4) is 0 Å². The van der Waals surface area contributed by atoms with Crippen molar-refractivity contribution in [3.05, 3.63) is 21.9 Å². The van der Waals surface area contributed by atoms with Gasteiger partial charge in [0.2, 0.25) is 0 Å². The Bertz CT molecular complexity index is 291. The van der Waals surface area contributed by atoms with E-state index in [1.807, 2.05) is 11.3 Å². The molecule has 0 spiro atoms. The predicted molar refractivity (Wildman–Crippen MR) is 59.6 cm³/mol. The Morgan fingerprint density at radius 3 is 3.07 bits per heavy atom. The highest BCUT2D eigenvalue weighted by Gasteiger charge is 2.24. The highest BCUT2D eigenvalue weighted by Crippen LogP contribution is 2.31. The molecule has 2 N–H and O–H groups in total. The minimum absolute atomic E-state index is 0.183. The van der Waals surface area contributed by atoms with E-state index in [4.69, 9.17) is 10.5 Å². The molecule has 78 valence electrons. The number of rotatable bonds is 3. The largest absolute Gasteiger partial charge is 0.381 e. The molecule has 2 unspecified atom stereocenters. The molecule has 1 aromatic rings. The summed E-state index contributed by atoms with van der Waals surface area (Å²) in [5, 5.41) is 0. The van der Waals surface area contributed by atoms with Gasteiger partial charge in [-0.05, 0) is 25.0 Å². The van der Waals surface area contributed by atoms with Gasteiger partial charge in [0.1, 0.15) is 0 Å². The smallest absolute Gasteiger partial charge is 0.0513 e. The summed E-state index contributed by atoms with van der Waals surface area (Å²) in [7, 11) is 0. The van der Waals surface area contributed by atoms with Crippen molar-refractivity contribution in [2.24, 2.45) is 11.7 Å². The van der Waals surface area contributed by atoms with E-state index in [1.165, 1.54) is 9.75 Å². The number of aryl methyl sites for hydroxylation is 1. The van der Waals surface area contributed by atoms with Gasteiger partial charge in [0.05, 0.1) is 6.61 Å². The molecule has 0 bridgehead atoms. The number of thiophene rings is 1. The summed E-state index contributed by atoms with van der Waals surface area (Å²) in [5.41, 5.74) is 6.20. The minimum atomic E-state index is 0.183. The second-order valence-electron chi connectivity index (χ2n) is 3.81. The molecular formula is C11H17NOS. The molecule has 2 nitrogen and oxygen atoms in total. The number of nitrogens with two attached hydrogens (primary N) is 1. The van der Waals surface area contributed by atoms with Crippen molar-refractivity contribution in [2.75, 3.05) is 13.2 Å². The fourth-order valence-electron chi connectivity index (χ4n) is 1.83. The van der Waals surface area contributed by atoms with E-state index >= 15 is 0 Å². The third kappa shape index (κ3) is 2.00. The molecule has 2 atom stereocenters. The Morgan fingerprint density at radius 1 is 1.64 bits per heavy atom. The molecule has 0 aromatic carbocycles. The molecule has 1 fully saturated rings. The van der Waals surface area contributed by atoms with Gasteiger partial charge in [0.25, 0.3) is 0 Å². The maximum absolute atomic E-state index is 6.20. The minimum Gasteiger partial charge on any atom is -0.381 e. The Balaban J connectivity index is 2.05. The van der Waals surface area contributed by atoms with Gasteiger partial charge in [0, 0.05) is 28.3 Å². The van der Waals surface area contributed by atoms with Crippen molar-refractivity contribution < 1.29 is 4.74 Å². The van der Waals surface area contributed by atoms with E-state index in [0.717, 1.165) is 26.1 Å². The first kappa shape index (κ1) is 10.1.